The van der Waals surface area contributed by atoms with E-state index in [0.717, 1.165) is 0 Å². The van der Waals surface area contributed by atoms with Gasteiger partial charge in [-0.15, -0.1) is 0 Å². The van der Waals surface area contributed by atoms with Crippen molar-refractivity contribution in [3.05, 3.63) is 41.0 Å². The minimum Gasteiger partial charge on any atom is -0.379 e. The molecule has 1 saturated heterocycles. The number of nitrogens with zero attached hydrogens (tertiary/aromatic N) is 3. The quantitative estimate of drug-likeness (QED) is 0.638. The number of nitrogens with one attached hydrogen (secondary N) is 1. The van der Waals surface area contributed by atoms with Crippen LogP contribution in [0.5, 0.6) is 0 Å². The van der Waals surface area contributed by atoms with E-state index in [1.807, 2.05) is 6.92 Å². The van der Waals surface area contributed by atoms with E-state index >= 15 is 0 Å². The first-order chi connectivity index (χ1) is 13.9. The maximum atomic E-state index is 13.1. The van der Waals surface area contributed by atoms with Gasteiger partial charge in [0.05, 0.1) is 18.1 Å². The van der Waals surface area contributed by atoms with Crippen LogP contribution in [0.15, 0.2) is 27.6 Å². The Labute approximate surface area is 170 Å². The molecule has 1 aromatic heterocycles. The van der Waals surface area contributed by atoms with Crippen LogP contribution in [0.1, 0.15) is 41.0 Å². The Morgan fingerprint density at radius 1 is 1.28 bits per heavy atom. The maximum absolute atomic E-state index is 13.1. The molecule has 1 aromatic carbocycles. The van der Waals surface area contributed by atoms with Gasteiger partial charge < -0.3 is 14.6 Å². The lowest BCUT2D eigenvalue weighted by Gasteiger charge is -2.27. The first-order valence-electron chi connectivity index (χ1n) is 9.70. The van der Waals surface area contributed by atoms with Gasteiger partial charge in [-0.05, 0) is 37.5 Å². The number of morpholine rings is 1. The predicted molar refractivity (Wildman–Crippen MR) is 105 cm³/mol. The van der Waals surface area contributed by atoms with Crippen molar-refractivity contribution in [1.82, 2.24) is 19.8 Å². The molecule has 158 valence electrons. The molecule has 29 heavy (non-hydrogen) atoms. The zero-order valence-corrected chi connectivity index (χ0v) is 17.5. The van der Waals surface area contributed by atoms with Gasteiger partial charge in [-0.25, -0.2) is 8.42 Å². The van der Waals surface area contributed by atoms with E-state index in [9.17, 15) is 13.2 Å². The second-order valence-corrected chi connectivity index (χ2v) is 8.69. The summed E-state index contributed by atoms with van der Waals surface area (Å²) in [5.74, 6) is 0.796. The standard InChI is InChI=1S/C19H26N4O5S/c1-3-15-6-7-16(13-17(15)29(25,26)23-9-11-27-12-10-23)19(24)20-8-4-5-18-21-14(2)22-28-18/h6-7,13H,3-5,8-12H2,1-2H3,(H,20,24). The van der Waals surface area contributed by atoms with Crippen LogP contribution < -0.4 is 5.32 Å². The van der Waals surface area contributed by atoms with E-state index in [1.165, 1.54) is 10.4 Å². The average Bonchev–Trinajstić information content (AvgIpc) is 3.16. The third kappa shape index (κ3) is 5.20. The van der Waals surface area contributed by atoms with E-state index in [-0.39, 0.29) is 10.8 Å². The molecule has 0 aliphatic carbocycles. The molecule has 1 aliphatic rings. The number of carbonyl (C=O) groups is 1. The Morgan fingerprint density at radius 2 is 2.03 bits per heavy atom. The lowest BCUT2D eigenvalue weighted by molar-refractivity contribution is 0.0730. The van der Waals surface area contributed by atoms with Crippen LogP contribution in [0, 0.1) is 6.92 Å². The number of carbonyl (C=O) groups excluding carboxylic acids is 1. The first kappa shape index (κ1) is 21.4. The van der Waals surface area contributed by atoms with Crippen LogP contribution in [-0.4, -0.2) is 61.6 Å². The van der Waals surface area contributed by atoms with Crippen molar-refractivity contribution in [2.24, 2.45) is 0 Å². The summed E-state index contributed by atoms with van der Waals surface area (Å²) in [5, 5.41) is 6.54. The highest BCUT2D eigenvalue weighted by Gasteiger charge is 2.29. The number of hydrogen-bond acceptors (Lipinski definition) is 7. The highest BCUT2D eigenvalue weighted by atomic mass is 32.2. The summed E-state index contributed by atoms with van der Waals surface area (Å²) in [6, 6.07) is 4.84. The van der Waals surface area contributed by atoms with Crippen molar-refractivity contribution in [3.63, 3.8) is 0 Å². The first-order valence-corrected chi connectivity index (χ1v) is 11.1. The minimum atomic E-state index is -3.67. The highest BCUT2D eigenvalue weighted by molar-refractivity contribution is 7.89. The SMILES string of the molecule is CCc1ccc(C(=O)NCCCc2nc(C)no2)cc1S(=O)(=O)N1CCOCC1. The monoisotopic (exact) mass is 422 g/mol. The summed E-state index contributed by atoms with van der Waals surface area (Å²) in [7, 11) is -3.67. The fourth-order valence-electron chi connectivity index (χ4n) is 3.14. The van der Waals surface area contributed by atoms with Gasteiger partial charge >= 0.3 is 0 Å². The van der Waals surface area contributed by atoms with Crippen LogP contribution in [-0.2, 0) is 27.6 Å². The lowest BCUT2D eigenvalue weighted by Crippen LogP contribution is -2.41. The van der Waals surface area contributed by atoms with Gasteiger partial charge in [0.15, 0.2) is 5.82 Å². The molecule has 1 N–H and O–H groups in total. The van der Waals surface area contributed by atoms with Gasteiger partial charge in [0, 0.05) is 31.6 Å². The van der Waals surface area contributed by atoms with Crippen molar-refractivity contribution >= 4 is 15.9 Å². The largest absolute Gasteiger partial charge is 0.379 e. The zero-order chi connectivity index (χ0) is 20.9. The van der Waals surface area contributed by atoms with Crippen molar-refractivity contribution < 1.29 is 22.5 Å². The van der Waals surface area contributed by atoms with E-state index in [4.69, 9.17) is 9.26 Å². The molecular weight excluding hydrogens is 396 g/mol. The summed E-state index contributed by atoms with van der Waals surface area (Å²) in [5.41, 5.74) is 1.02. The second-order valence-electron chi connectivity index (χ2n) is 6.79. The van der Waals surface area contributed by atoms with E-state index in [1.54, 1.807) is 19.1 Å². The van der Waals surface area contributed by atoms with Crippen LogP contribution in [0.2, 0.25) is 0 Å². The molecule has 2 heterocycles. The third-order valence-corrected chi connectivity index (χ3v) is 6.70. The second kappa shape index (κ2) is 9.47. The predicted octanol–water partition coefficient (Wildman–Crippen LogP) is 1.32. The molecule has 0 atom stereocenters. The highest BCUT2D eigenvalue weighted by Crippen LogP contribution is 2.23. The molecule has 0 radical (unpaired) electrons. The molecule has 2 aromatic rings. The number of ether oxygens (including phenoxy) is 1. The number of amides is 1. The van der Waals surface area contributed by atoms with Crippen molar-refractivity contribution in [1.29, 1.82) is 0 Å². The summed E-state index contributed by atoms with van der Waals surface area (Å²) >= 11 is 0. The molecule has 1 amide bonds. The number of aromatic nitrogens is 2. The Bertz CT molecular complexity index is 951. The Hall–Kier alpha value is -2.30. The molecule has 9 nitrogen and oxygen atoms in total. The van der Waals surface area contributed by atoms with Crippen LogP contribution in [0.4, 0.5) is 0 Å². The molecule has 0 unspecified atom stereocenters. The molecule has 3 rings (SSSR count). The van der Waals surface area contributed by atoms with Crippen LogP contribution in [0.3, 0.4) is 0 Å². The normalized spacial score (nSPS) is 15.4. The van der Waals surface area contributed by atoms with Crippen LogP contribution >= 0.6 is 0 Å². The summed E-state index contributed by atoms with van der Waals surface area (Å²) in [4.78, 5) is 16.8. The molecule has 0 saturated carbocycles. The number of benzene rings is 1. The zero-order valence-electron chi connectivity index (χ0n) is 16.7. The number of sulfonamides is 1. The molecule has 1 fully saturated rings. The fraction of sp³-hybridized carbons (Fsp3) is 0.526. The Morgan fingerprint density at radius 3 is 2.69 bits per heavy atom. The number of aryl methyl sites for hydroxylation is 3. The van der Waals surface area contributed by atoms with Crippen molar-refractivity contribution in [2.75, 3.05) is 32.8 Å². The average molecular weight is 423 g/mol. The fourth-order valence-corrected chi connectivity index (χ4v) is 4.87. The summed E-state index contributed by atoms with van der Waals surface area (Å²) in [6.45, 7) is 5.44. The molecule has 0 spiro atoms. The van der Waals surface area contributed by atoms with E-state index < -0.39 is 10.0 Å². The maximum Gasteiger partial charge on any atom is 0.251 e. The smallest absolute Gasteiger partial charge is 0.251 e. The van der Waals surface area contributed by atoms with Gasteiger partial charge in [-0.1, -0.05) is 18.1 Å². The third-order valence-electron chi connectivity index (χ3n) is 4.72. The molecule has 1 aliphatic heterocycles. The summed E-state index contributed by atoms with van der Waals surface area (Å²) < 4.78 is 37.9. The Kier molecular flexibility index (Phi) is 6.99. The van der Waals surface area contributed by atoms with Crippen molar-refractivity contribution in [2.45, 2.75) is 38.0 Å². The van der Waals surface area contributed by atoms with E-state index in [2.05, 4.69) is 15.5 Å². The number of rotatable bonds is 8. The lowest BCUT2D eigenvalue weighted by atomic mass is 10.1. The topological polar surface area (TPSA) is 115 Å². The van der Waals surface area contributed by atoms with Gasteiger partial charge in [0.2, 0.25) is 15.9 Å². The molecular formula is C19H26N4O5S. The summed E-state index contributed by atoms with van der Waals surface area (Å²) in [6.07, 6.45) is 1.76. The minimum absolute atomic E-state index is 0.191. The molecule has 10 heteroatoms. The van der Waals surface area contributed by atoms with Gasteiger partial charge in [-0.2, -0.15) is 9.29 Å². The van der Waals surface area contributed by atoms with Gasteiger partial charge in [0.25, 0.3) is 5.91 Å². The molecule has 0 bridgehead atoms. The number of hydrogen-bond donors (Lipinski definition) is 1. The van der Waals surface area contributed by atoms with E-state index in [0.29, 0.717) is 75.0 Å². The van der Waals surface area contributed by atoms with Crippen LogP contribution in [0.25, 0.3) is 0 Å². The van der Waals surface area contributed by atoms with Gasteiger partial charge in [0.1, 0.15) is 0 Å². The van der Waals surface area contributed by atoms with Crippen molar-refractivity contribution in [3.8, 4) is 0 Å². The Balaban J connectivity index is 1.67. The van der Waals surface area contributed by atoms with Gasteiger partial charge in [-0.3, -0.25) is 4.79 Å².